The molecule has 0 aliphatic carbocycles. The van der Waals surface area contributed by atoms with Crippen LogP contribution in [0.1, 0.15) is 56.3 Å². The van der Waals surface area contributed by atoms with E-state index < -0.39 is 12.1 Å². The number of ether oxygens (including phenoxy) is 2. The Morgan fingerprint density at radius 3 is 2.33 bits per heavy atom. The molecule has 2 unspecified atom stereocenters. The highest BCUT2D eigenvalue weighted by Gasteiger charge is 2.43. The number of methoxy groups -OCH3 is 1. The van der Waals surface area contributed by atoms with Crippen LogP contribution in [0, 0.1) is 0 Å². The fraction of sp³-hybridized carbons (Fsp3) is 0.423. The molecule has 7 nitrogen and oxygen atoms in total. The van der Waals surface area contributed by atoms with E-state index in [1.54, 1.807) is 7.11 Å². The number of aldehydes is 1. The number of carbonyl (C=O) groups excluding carboxylic acids is 3. The molecule has 2 aromatic rings. The minimum absolute atomic E-state index is 0.0265. The summed E-state index contributed by atoms with van der Waals surface area (Å²) in [4.78, 5) is 38.4. The van der Waals surface area contributed by atoms with Crippen molar-refractivity contribution in [1.29, 1.82) is 0 Å². The lowest BCUT2D eigenvalue weighted by Gasteiger charge is -2.22. The number of benzene rings is 2. The van der Waals surface area contributed by atoms with Gasteiger partial charge in [-0.15, -0.1) is 0 Å². The first-order chi connectivity index (χ1) is 16.0. The Labute approximate surface area is 195 Å². The summed E-state index contributed by atoms with van der Waals surface area (Å²) in [6.45, 7) is 2.65. The van der Waals surface area contributed by atoms with Gasteiger partial charge in [0.2, 0.25) is 0 Å². The lowest BCUT2D eigenvalue weighted by atomic mass is 10.0. The van der Waals surface area contributed by atoms with Crippen LogP contribution >= 0.6 is 0 Å². The predicted molar refractivity (Wildman–Crippen MR) is 126 cm³/mol. The number of rotatable bonds is 12. The molecule has 1 aliphatic rings. The molecule has 2 atom stereocenters. The predicted octanol–water partition coefficient (Wildman–Crippen LogP) is 4.89. The zero-order chi connectivity index (χ0) is 23.8. The maximum Gasteiger partial charge on any atom is 0.331 e. The van der Waals surface area contributed by atoms with Gasteiger partial charge >= 0.3 is 6.03 Å². The average molecular weight is 453 g/mol. The van der Waals surface area contributed by atoms with Crippen LogP contribution in [0.15, 0.2) is 48.5 Å². The molecule has 3 rings (SSSR count). The number of amides is 3. The average Bonchev–Trinajstić information content (AvgIpc) is 3.05. The summed E-state index contributed by atoms with van der Waals surface area (Å²) in [5.74, 6) is 0.443. The highest BCUT2D eigenvalue weighted by atomic mass is 16.5. The molecular weight excluding hydrogens is 420 g/mol. The van der Waals surface area contributed by atoms with Crippen molar-refractivity contribution in [3.05, 3.63) is 59.7 Å². The van der Waals surface area contributed by atoms with Crippen molar-refractivity contribution in [2.45, 2.75) is 57.8 Å². The molecule has 176 valence electrons. The molecule has 7 heteroatoms. The number of likely N-dealkylation sites (N-methyl/N-ethyl adjacent to an activating group) is 1. The molecule has 1 saturated heterocycles. The number of imide groups is 1. The quantitative estimate of drug-likeness (QED) is 0.260. The van der Waals surface area contributed by atoms with Gasteiger partial charge in [0, 0.05) is 19.2 Å². The van der Waals surface area contributed by atoms with Gasteiger partial charge in [-0.1, -0.05) is 50.5 Å². The third kappa shape index (κ3) is 5.79. The van der Waals surface area contributed by atoms with Crippen molar-refractivity contribution in [1.82, 2.24) is 4.90 Å². The minimum Gasteiger partial charge on any atom is -0.497 e. The number of carbonyl (C=O) groups is 3. The van der Waals surface area contributed by atoms with Gasteiger partial charge in [0.15, 0.2) is 0 Å². The highest BCUT2D eigenvalue weighted by molar-refractivity contribution is 6.14. The second-order valence-corrected chi connectivity index (χ2v) is 8.20. The molecule has 0 radical (unpaired) electrons. The second kappa shape index (κ2) is 11.6. The van der Waals surface area contributed by atoms with Gasteiger partial charge < -0.3 is 14.3 Å². The SMILES string of the molecule is CCCCCC(OCc1ccc(OC)cc1)c1ccc(N2C(=O)N(C)C(=O)C2CC=O)cc1. The Bertz CT molecular complexity index is 942. The summed E-state index contributed by atoms with van der Waals surface area (Å²) in [5, 5.41) is 0. The van der Waals surface area contributed by atoms with E-state index in [4.69, 9.17) is 9.47 Å². The molecule has 0 saturated carbocycles. The molecular formula is C26H32N2O5. The molecule has 0 aromatic heterocycles. The Morgan fingerprint density at radius 1 is 1.03 bits per heavy atom. The molecule has 1 aliphatic heterocycles. The van der Waals surface area contributed by atoms with Gasteiger partial charge in [-0.05, 0) is 41.8 Å². The van der Waals surface area contributed by atoms with Crippen molar-refractivity contribution in [3.63, 3.8) is 0 Å². The van der Waals surface area contributed by atoms with Crippen LogP contribution in [0.3, 0.4) is 0 Å². The van der Waals surface area contributed by atoms with Crippen molar-refractivity contribution >= 4 is 23.9 Å². The zero-order valence-corrected chi connectivity index (χ0v) is 19.5. The van der Waals surface area contributed by atoms with Crippen LogP contribution in [-0.4, -0.2) is 43.3 Å². The van der Waals surface area contributed by atoms with Crippen LogP contribution in [-0.2, 0) is 20.9 Å². The number of unbranched alkanes of at least 4 members (excludes halogenated alkanes) is 2. The number of hydrogen-bond acceptors (Lipinski definition) is 5. The van der Waals surface area contributed by atoms with Crippen LogP contribution in [0.25, 0.3) is 0 Å². The topological polar surface area (TPSA) is 76.2 Å². The van der Waals surface area contributed by atoms with Gasteiger partial charge in [-0.2, -0.15) is 0 Å². The molecule has 2 aromatic carbocycles. The molecule has 1 fully saturated rings. The van der Waals surface area contributed by atoms with E-state index >= 15 is 0 Å². The summed E-state index contributed by atoms with van der Waals surface area (Å²) in [6.07, 6.45) is 4.76. The van der Waals surface area contributed by atoms with Crippen LogP contribution < -0.4 is 9.64 Å². The Kier molecular flexibility index (Phi) is 8.60. The maximum absolute atomic E-state index is 12.6. The van der Waals surface area contributed by atoms with Crippen molar-refractivity contribution in [2.75, 3.05) is 19.1 Å². The minimum atomic E-state index is -0.794. The highest BCUT2D eigenvalue weighted by Crippen LogP contribution is 2.31. The first-order valence-electron chi connectivity index (χ1n) is 11.4. The van der Waals surface area contributed by atoms with Crippen LogP contribution in [0.4, 0.5) is 10.5 Å². The first kappa shape index (κ1) is 24.5. The summed E-state index contributed by atoms with van der Waals surface area (Å²) < 4.78 is 11.5. The molecule has 0 bridgehead atoms. The lowest BCUT2D eigenvalue weighted by molar-refractivity contribution is -0.127. The number of urea groups is 1. The standard InChI is InChI=1S/C26H32N2O5/c1-4-5-6-7-24(33-18-19-8-14-22(32-3)15-9-19)20-10-12-21(13-11-20)28-23(16-17-29)25(30)27(2)26(28)31/h8-15,17,23-24H,4-7,16,18H2,1-3H3. The van der Waals surface area contributed by atoms with E-state index in [0.717, 1.165) is 47.5 Å². The van der Waals surface area contributed by atoms with E-state index in [0.29, 0.717) is 18.6 Å². The van der Waals surface area contributed by atoms with Crippen LogP contribution in [0.5, 0.6) is 5.75 Å². The number of anilines is 1. The van der Waals surface area contributed by atoms with Crippen molar-refractivity contribution < 1.29 is 23.9 Å². The molecule has 0 spiro atoms. The van der Waals surface area contributed by atoms with Crippen LogP contribution in [0.2, 0.25) is 0 Å². The molecule has 1 heterocycles. The van der Waals surface area contributed by atoms with E-state index in [2.05, 4.69) is 6.92 Å². The monoisotopic (exact) mass is 452 g/mol. The van der Waals surface area contributed by atoms with E-state index in [1.165, 1.54) is 11.9 Å². The maximum atomic E-state index is 12.6. The summed E-state index contributed by atoms with van der Waals surface area (Å²) in [6, 6.07) is 14.1. The Morgan fingerprint density at radius 2 is 1.73 bits per heavy atom. The molecule has 33 heavy (non-hydrogen) atoms. The van der Waals surface area contributed by atoms with E-state index in [1.807, 2.05) is 48.5 Å². The summed E-state index contributed by atoms with van der Waals surface area (Å²) in [5.41, 5.74) is 2.67. The fourth-order valence-corrected chi connectivity index (χ4v) is 4.01. The number of hydrogen-bond donors (Lipinski definition) is 0. The third-order valence-corrected chi connectivity index (χ3v) is 5.96. The summed E-state index contributed by atoms with van der Waals surface area (Å²) >= 11 is 0. The van der Waals surface area contributed by atoms with Gasteiger partial charge in [0.1, 0.15) is 18.1 Å². The van der Waals surface area contributed by atoms with Gasteiger partial charge in [-0.3, -0.25) is 14.6 Å². The molecule has 0 N–H and O–H groups in total. The fourth-order valence-electron chi connectivity index (χ4n) is 4.01. The third-order valence-electron chi connectivity index (χ3n) is 5.96. The molecule has 3 amide bonds. The number of nitrogens with zero attached hydrogens (tertiary/aromatic N) is 2. The van der Waals surface area contributed by atoms with Gasteiger partial charge in [0.05, 0.1) is 19.8 Å². The Balaban J connectivity index is 1.75. The second-order valence-electron chi connectivity index (χ2n) is 8.20. The lowest BCUT2D eigenvalue weighted by Crippen LogP contribution is -2.35. The van der Waals surface area contributed by atoms with Gasteiger partial charge in [-0.25, -0.2) is 4.79 Å². The van der Waals surface area contributed by atoms with Crippen molar-refractivity contribution in [2.24, 2.45) is 0 Å². The van der Waals surface area contributed by atoms with Gasteiger partial charge in [0.25, 0.3) is 5.91 Å². The van der Waals surface area contributed by atoms with E-state index in [9.17, 15) is 14.4 Å². The Hall–Kier alpha value is -3.19. The normalized spacial score (nSPS) is 16.9. The first-order valence-corrected chi connectivity index (χ1v) is 11.4. The van der Waals surface area contributed by atoms with Crippen molar-refractivity contribution in [3.8, 4) is 5.75 Å². The largest absolute Gasteiger partial charge is 0.497 e. The summed E-state index contributed by atoms with van der Waals surface area (Å²) in [7, 11) is 3.08. The van der Waals surface area contributed by atoms with E-state index in [-0.39, 0.29) is 18.4 Å². The zero-order valence-electron chi connectivity index (χ0n) is 19.5. The smallest absolute Gasteiger partial charge is 0.331 e.